The Morgan fingerprint density at radius 2 is 1.78 bits per heavy atom. The molecule has 0 unspecified atom stereocenters. The molecular weight excluding hydrogens is 354 g/mol. The van der Waals surface area contributed by atoms with Crippen LogP contribution in [0.1, 0.15) is 35.2 Å². The summed E-state index contributed by atoms with van der Waals surface area (Å²) < 4.78 is 0. The summed E-state index contributed by atoms with van der Waals surface area (Å²) in [6.07, 6.45) is 4.96. The number of rotatable bonds is 2. The lowest BCUT2D eigenvalue weighted by molar-refractivity contribution is -0.116. The van der Waals surface area contributed by atoms with E-state index in [-0.39, 0.29) is 17.7 Å². The molecule has 0 spiro atoms. The third-order valence-electron chi connectivity index (χ3n) is 5.29. The molecule has 4 nitrogen and oxygen atoms in total. The number of nitrogens with one attached hydrogen (secondary N) is 2. The highest BCUT2D eigenvalue weighted by molar-refractivity contribution is 7.10. The van der Waals surface area contributed by atoms with Crippen molar-refractivity contribution in [1.29, 1.82) is 0 Å². The molecule has 0 radical (unpaired) electrons. The number of hydrogen-bond acceptors (Lipinski definition) is 5. The molecule has 1 aromatic carbocycles. The molecule has 0 saturated carbocycles. The highest BCUT2D eigenvalue weighted by Gasteiger charge is 2.36. The largest absolute Gasteiger partial charge is 0.372 e. The number of hydrogen-bond donors (Lipinski definition) is 2. The molecule has 5 heteroatoms. The standard InChI is InChI=1S/C22H19N3OS/c26-19-13-15(20-6-3-11-27-20)12-18-21(19)22(14-7-9-23-10-8-14)25-17-5-2-1-4-16(17)24-18/h1-11,15,22,24-25H,12-13H2/t15-,22-/m0/s1. The van der Waals surface area contributed by atoms with Crippen LogP contribution in [-0.4, -0.2) is 10.8 Å². The molecule has 3 heterocycles. The topological polar surface area (TPSA) is 54.0 Å². The van der Waals surface area contributed by atoms with Crippen LogP contribution in [0.3, 0.4) is 0 Å². The van der Waals surface area contributed by atoms with E-state index in [0.717, 1.165) is 34.6 Å². The maximum absolute atomic E-state index is 13.3. The van der Waals surface area contributed by atoms with Crippen LogP contribution in [0.2, 0.25) is 0 Å². The van der Waals surface area contributed by atoms with Crippen molar-refractivity contribution in [3.63, 3.8) is 0 Å². The van der Waals surface area contributed by atoms with Crippen LogP contribution in [0.15, 0.2) is 77.6 Å². The zero-order valence-electron chi connectivity index (χ0n) is 14.7. The first kappa shape index (κ1) is 16.3. The first-order valence-electron chi connectivity index (χ1n) is 9.12. The van der Waals surface area contributed by atoms with Crippen LogP contribution < -0.4 is 10.6 Å². The van der Waals surface area contributed by atoms with E-state index >= 15 is 0 Å². The number of nitrogens with zero attached hydrogens (tertiary/aromatic N) is 1. The summed E-state index contributed by atoms with van der Waals surface area (Å²) >= 11 is 1.73. The SMILES string of the molecule is O=C1C[C@@H](c2cccs2)CC2=C1[C@H](c1ccncc1)Nc1ccccc1N2. The lowest BCUT2D eigenvalue weighted by atomic mass is 9.81. The van der Waals surface area contributed by atoms with E-state index in [2.05, 4.69) is 45.3 Å². The molecule has 5 rings (SSSR count). The van der Waals surface area contributed by atoms with Gasteiger partial charge in [0.1, 0.15) is 0 Å². The number of Topliss-reactive ketones (excluding diaryl/α,β-unsaturated/α-hetero) is 1. The number of thiophene rings is 1. The number of pyridine rings is 1. The zero-order valence-corrected chi connectivity index (χ0v) is 15.5. The summed E-state index contributed by atoms with van der Waals surface area (Å²) in [5.41, 5.74) is 4.96. The fourth-order valence-electron chi connectivity index (χ4n) is 4.02. The van der Waals surface area contributed by atoms with Crippen molar-refractivity contribution in [2.75, 3.05) is 10.6 Å². The maximum atomic E-state index is 13.3. The second kappa shape index (κ2) is 6.67. The molecule has 0 amide bonds. The van der Waals surface area contributed by atoms with Gasteiger partial charge in [0, 0.05) is 40.9 Å². The summed E-state index contributed by atoms with van der Waals surface area (Å²) in [4.78, 5) is 18.7. The number of carbonyl (C=O) groups is 1. The van der Waals surface area contributed by atoms with E-state index in [9.17, 15) is 4.79 Å². The lowest BCUT2D eigenvalue weighted by Gasteiger charge is -2.29. The van der Waals surface area contributed by atoms with Gasteiger partial charge in [0.25, 0.3) is 0 Å². The Kier molecular flexibility index (Phi) is 4.02. The number of benzene rings is 1. The van der Waals surface area contributed by atoms with E-state index < -0.39 is 0 Å². The summed E-state index contributed by atoms with van der Waals surface area (Å²) in [6.45, 7) is 0. The number of aromatic nitrogens is 1. The minimum Gasteiger partial charge on any atom is -0.372 e. The number of allylic oxidation sites excluding steroid dienone is 1. The average molecular weight is 373 g/mol. The molecular formula is C22H19N3OS. The highest BCUT2D eigenvalue weighted by Crippen LogP contribution is 2.44. The van der Waals surface area contributed by atoms with Gasteiger partial charge in [-0.1, -0.05) is 18.2 Å². The third-order valence-corrected chi connectivity index (χ3v) is 6.33. The number of anilines is 2. The lowest BCUT2D eigenvalue weighted by Crippen LogP contribution is -2.26. The van der Waals surface area contributed by atoms with Crippen molar-refractivity contribution >= 4 is 28.5 Å². The van der Waals surface area contributed by atoms with Crippen LogP contribution in [0.25, 0.3) is 0 Å². The quantitative estimate of drug-likeness (QED) is 0.654. The predicted molar refractivity (Wildman–Crippen MR) is 109 cm³/mol. The average Bonchev–Trinajstić information content (AvgIpc) is 3.17. The zero-order chi connectivity index (χ0) is 18.2. The van der Waals surface area contributed by atoms with Gasteiger partial charge in [-0.15, -0.1) is 11.3 Å². The van der Waals surface area contributed by atoms with Crippen LogP contribution in [0.5, 0.6) is 0 Å². The van der Waals surface area contributed by atoms with Gasteiger partial charge < -0.3 is 10.6 Å². The minimum atomic E-state index is -0.170. The second-order valence-electron chi connectivity index (χ2n) is 6.96. The van der Waals surface area contributed by atoms with Crippen LogP contribution in [0, 0.1) is 0 Å². The molecule has 1 aliphatic carbocycles. The summed E-state index contributed by atoms with van der Waals surface area (Å²) in [7, 11) is 0. The van der Waals surface area contributed by atoms with Crippen molar-refractivity contribution in [3.8, 4) is 0 Å². The Morgan fingerprint density at radius 1 is 0.963 bits per heavy atom. The Hall–Kier alpha value is -2.92. The first-order valence-corrected chi connectivity index (χ1v) is 10.00. The minimum absolute atomic E-state index is 0.170. The Balaban J connectivity index is 1.63. The van der Waals surface area contributed by atoms with E-state index in [1.54, 1.807) is 23.7 Å². The van der Waals surface area contributed by atoms with Gasteiger partial charge in [-0.25, -0.2) is 0 Å². The van der Waals surface area contributed by atoms with Gasteiger partial charge in [-0.3, -0.25) is 9.78 Å². The van der Waals surface area contributed by atoms with Crippen molar-refractivity contribution in [2.24, 2.45) is 0 Å². The van der Waals surface area contributed by atoms with Gasteiger partial charge in [0.15, 0.2) is 5.78 Å². The fourth-order valence-corrected chi connectivity index (χ4v) is 4.85. The van der Waals surface area contributed by atoms with Gasteiger partial charge in [-0.2, -0.15) is 0 Å². The van der Waals surface area contributed by atoms with Crippen molar-refractivity contribution in [3.05, 3.63) is 88.0 Å². The fraction of sp³-hybridized carbons (Fsp3) is 0.182. The van der Waals surface area contributed by atoms with Crippen LogP contribution >= 0.6 is 11.3 Å². The molecule has 0 saturated heterocycles. The van der Waals surface area contributed by atoms with Gasteiger partial charge in [0.2, 0.25) is 0 Å². The van der Waals surface area contributed by atoms with E-state index in [1.807, 2.05) is 24.3 Å². The molecule has 1 aliphatic heterocycles. The molecule has 2 aliphatic rings. The second-order valence-corrected chi connectivity index (χ2v) is 7.94. The number of fused-ring (bicyclic) bond motifs is 1. The summed E-state index contributed by atoms with van der Waals surface area (Å²) in [6, 6.07) is 16.1. The predicted octanol–water partition coefficient (Wildman–Crippen LogP) is 5.12. The first-order chi connectivity index (χ1) is 13.3. The normalized spacial score (nSPS) is 21.6. The Bertz CT molecular complexity index is 1010. The Labute approximate surface area is 162 Å². The molecule has 2 N–H and O–H groups in total. The number of ketones is 1. The van der Waals surface area contributed by atoms with E-state index in [1.165, 1.54) is 4.88 Å². The summed E-state index contributed by atoms with van der Waals surface area (Å²) in [5.74, 6) is 0.455. The molecule has 2 atom stereocenters. The maximum Gasteiger partial charge on any atom is 0.163 e. The Morgan fingerprint density at radius 3 is 2.56 bits per heavy atom. The van der Waals surface area contributed by atoms with Crippen molar-refractivity contribution < 1.29 is 4.79 Å². The summed E-state index contributed by atoms with van der Waals surface area (Å²) in [5, 5.41) is 9.24. The molecule has 2 aromatic heterocycles. The molecule has 27 heavy (non-hydrogen) atoms. The molecule has 134 valence electrons. The number of carbonyl (C=O) groups excluding carboxylic acids is 1. The van der Waals surface area contributed by atoms with Gasteiger partial charge in [0.05, 0.1) is 17.4 Å². The number of para-hydroxylation sites is 2. The van der Waals surface area contributed by atoms with Crippen LogP contribution in [-0.2, 0) is 4.79 Å². The monoisotopic (exact) mass is 373 g/mol. The highest BCUT2D eigenvalue weighted by atomic mass is 32.1. The third kappa shape index (κ3) is 2.94. The van der Waals surface area contributed by atoms with Gasteiger partial charge >= 0.3 is 0 Å². The van der Waals surface area contributed by atoms with E-state index in [4.69, 9.17) is 0 Å². The van der Waals surface area contributed by atoms with E-state index in [0.29, 0.717) is 6.42 Å². The van der Waals surface area contributed by atoms with Crippen LogP contribution in [0.4, 0.5) is 11.4 Å². The molecule has 3 aromatic rings. The van der Waals surface area contributed by atoms with Gasteiger partial charge in [-0.05, 0) is 47.7 Å². The smallest absolute Gasteiger partial charge is 0.163 e. The van der Waals surface area contributed by atoms with Crippen molar-refractivity contribution in [1.82, 2.24) is 4.98 Å². The molecule has 0 fully saturated rings. The molecule has 0 bridgehead atoms. The van der Waals surface area contributed by atoms with Crippen molar-refractivity contribution in [2.45, 2.75) is 24.8 Å².